The molecule has 0 spiro atoms. The van der Waals surface area contributed by atoms with Crippen molar-refractivity contribution in [1.29, 1.82) is 0 Å². The fraction of sp³-hybridized carbons (Fsp3) is 0.692. The van der Waals surface area contributed by atoms with E-state index in [1.807, 2.05) is 0 Å². The number of thiophene rings is 1. The number of hydrogen-bond donors (Lipinski definition) is 1. The Morgan fingerprint density at radius 1 is 1.47 bits per heavy atom. The highest BCUT2D eigenvalue weighted by atomic mass is 32.1. The van der Waals surface area contributed by atoms with Crippen LogP contribution in [0, 0.1) is 18.3 Å². The molecular formula is C13H20OS. The molecule has 2 atom stereocenters. The van der Waals surface area contributed by atoms with Crippen LogP contribution < -0.4 is 0 Å². The van der Waals surface area contributed by atoms with Gasteiger partial charge >= 0.3 is 0 Å². The van der Waals surface area contributed by atoms with Gasteiger partial charge in [0.2, 0.25) is 0 Å². The lowest BCUT2D eigenvalue weighted by molar-refractivity contribution is -0.000468. The SMILES string of the molecule is Cc1cc(C2(O)CC(C)(C)CC2C)cs1. The predicted octanol–water partition coefficient (Wildman–Crippen LogP) is 3.70. The molecule has 0 bridgehead atoms. The van der Waals surface area contributed by atoms with Gasteiger partial charge in [-0.05, 0) is 48.1 Å². The summed E-state index contributed by atoms with van der Waals surface area (Å²) in [5.41, 5.74) is 0.807. The topological polar surface area (TPSA) is 20.2 Å². The number of hydrogen-bond acceptors (Lipinski definition) is 2. The summed E-state index contributed by atoms with van der Waals surface area (Å²) in [5.74, 6) is 0.362. The van der Waals surface area contributed by atoms with Gasteiger partial charge in [0.05, 0.1) is 5.60 Å². The molecule has 0 amide bonds. The van der Waals surface area contributed by atoms with E-state index in [0.29, 0.717) is 5.92 Å². The fourth-order valence-corrected chi connectivity index (χ4v) is 3.81. The first-order valence-electron chi connectivity index (χ1n) is 5.61. The van der Waals surface area contributed by atoms with E-state index >= 15 is 0 Å². The molecule has 2 unspecified atom stereocenters. The van der Waals surface area contributed by atoms with E-state index in [1.54, 1.807) is 11.3 Å². The molecule has 2 rings (SSSR count). The summed E-state index contributed by atoms with van der Waals surface area (Å²) in [6, 6.07) is 2.14. The second-order valence-electron chi connectivity index (χ2n) is 5.82. The maximum Gasteiger partial charge on any atom is 0.0935 e. The van der Waals surface area contributed by atoms with Crippen molar-refractivity contribution in [2.45, 2.75) is 46.1 Å². The molecule has 2 heteroatoms. The first-order chi connectivity index (χ1) is 6.83. The summed E-state index contributed by atoms with van der Waals surface area (Å²) < 4.78 is 0. The van der Waals surface area contributed by atoms with Gasteiger partial charge in [-0.15, -0.1) is 11.3 Å². The van der Waals surface area contributed by atoms with Gasteiger partial charge < -0.3 is 5.11 Å². The average Bonchev–Trinajstić information content (AvgIpc) is 2.56. The molecule has 1 nitrogen and oxygen atoms in total. The predicted molar refractivity (Wildman–Crippen MR) is 65.1 cm³/mol. The number of rotatable bonds is 1. The third-order valence-corrected chi connectivity index (χ3v) is 4.51. The van der Waals surface area contributed by atoms with E-state index in [1.165, 1.54) is 4.88 Å². The molecule has 1 aliphatic rings. The number of aryl methyl sites for hydroxylation is 1. The van der Waals surface area contributed by atoms with E-state index in [-0.39, 0.29) is 5.41 Å². The highest BCUT2D eigenvalue weighted by molar-refractivity contribution is 7.10. The third kappa shape index (κ3) is 1.85. The largest absolute Gasteiger partial charge is 0.385 e. The van der Waals surface area contributed by atoms with Crippen molar-refractivity contribution in [3.8, 4) is 0 Å². The highest BCUT2D eigenvalue weighted by Gasteiger charge is 2.48. The molecular weight excluding hydrogens is 204 g/mol. The summed E-state index contributed by atoms with van der Waals surface area (Å²) >= 11 is 1.73. The zero-order valence-electron chi connectivity index (χ0n) is 10.0. The van der Waals surface area contributed by atoms with E-state index in [0.717, 1.165) is 18.4 Å². The lowest BCUT2D eigenvalue weighted by Crippen LogP contribution is -2.28. The summed E-state index contributed by atoms with van der Waals surface area (Å²) in [5, 5.41) is 12.9. The van der Waals surface area contributed by atoms with Crippen molar-refractivity contribution in [3.05, 3.63) is 21.9 Å². The molecule has 1 fully saturated rings. The molecule has 1 aliphatic carbocycles. The maximum absolute atomic E-state index is 10.8. The Labute approximate surface area is 96.1 Å². The van der Waals surface area contributed by atoms with Crippen molar-refractivity contribution in [2.24, 2.45) is 11.3 Å². The lowest BCUT2D eigenvalue weighted by Gasteiger charge is -2.27. The summed E-state index contributed by atoms with van der Waals surface area (Å²) in [4.78, 5) is 1.29. The molecule has 0 aliphatic heterocycles. The second kappa shape index (κ2) is 3.33. The fourth-order valence-electron chi connectivity index (χ4n) is 3.03. The molecule has 0 aromatic carbocycles. The van der Waals surface area contributed by atoms with Crippen molar-refractivity contribution < 1.29 is 5.11 Å². The summed E-state index contributed by atoms with van der Waals surface area (Å²) in [6.07, 6.45) is 2.00. The van der Waals surface area contributed by atoms with Crippen LogP contribution in [0.5, 0.6) is 0 Å². The van der Waals surface area contributed by atoms with Crippen molar-refractivity contribution >= 4 is 11.3 Å². The van der Waals surface area contributed by atoms with Gasteiger partial charge in [0.1, 0.15) is 0 Å². The number of aliphatic hydroxyl groups is 1. The van der Waals surface area contributed by atoms with Gasteiger partial charge in [-0.25, -0.2) is 0 Å². The average molecular weight is 224 g/mol. The van der Waals surface area contributed by atoms with Crippen molar-refractivity contribution in [1.82, 2.24) is 0 Å². The van der Waals surface area contributed by atoms with Crippen molar-refractivity contribution in [3.63, 3.8) is 0 Å². The Morgan fingerprint density at radius 2 is 2.13 bits per heavy atom. The van der Waals surface area contributed by atoms with Crippen LogP contribution in [0.1, 0.15) is 44.1 Å². The van der Waals surface area contributed by atoms with E-state index in [4.69, 9.17) is 0 Å². The van der Waals surface area contributed by atoms with Crippen LogP contribution in [-0.4, -0.2) is 5.11 Å². The minimum atomic E-state index is -0.589. The van der Waals surface area contributed by atoms with Crippen LogP contribution in [0.15, 0.2) is 11.4 Å². The van der Waals surface area contributed by atoms with Gasteiger partial charge in [0.25, 0.3) is 0 Å². The normalized spacial score (nSPS) is 34.6. The van der Waals surface area contributed by atoms with E-state index in [9.17, 15) is 5.11 Å². The summed E-state index contributed by atoms with van der Waals surface area (Å²) in [7, 11) is 0. The van der Waals surface area contributed by atoms with Crippen LogP contribution in [0.2, 0.25) is 0 Å². The minimum Gasteiger partial charge on any atom is -0.385 e. The molecule has 1 heterocycles. The lowest BCUT2D eigenvalue weighted by atomic mass is 9.85. The van der Waals surface area contributed by atoms with Crippen LogP contribution in [0.25, 0.3) is 0 Å². The quantitative estimate of drug-likeness (QED) is 0.771. The van der Waals surface area contributed by atoms with Crippen LogP contribution in [0.4, 0.5) is 0 Å². The Bertz CT molecular complexity index is 366. The van der Waals surface area contributed by atoms with Gasteiger partial charge in [-0.3, -0.25) is 0 Å². The molecule has 1 aromatic rings. The van der Waals surface area contributed by atoms with Gasteiger partial charge in [0, 0.05) is 4.88 Å². The van der Waals surface area contributed by atoms with Crippen LogP contribution >= 0.6 is 11.3 Å². The molecule has 0 saturated heterocycles. The molecule has 1 N–H and O–H groups in total. The summed E-state index contributed by atoms with van der Waals surface area (Å²) in [6.45, 7) is 8.77. The Hall–Kier alpha value is -0.340. The molecule has 84 valence electrons. The van der Waals surface area contributed by atoms with E-state index in [2.05, 4.69) is 39.1 Å². The van der Waals surface area contributed by atoms with Gasteiger partial charge in [0.15, 0.2) is 0 Å². The van der Waals surface area contributed by atoms with Crippen molar-refractivity contribution in [2.75, 3.05) is 0 Å². The Morgan fingerprint density at radius 3 is 2.53 bits per heavy atom. The Balaban J connectivity index is 2.35. The Kier molecular flexibility index (Phi) is 2.47. The molecule has 1 saturated carbocycles. The van der Waals surface area contributed by atoms with Gasteiger partial charge in [-0.1, -0.05) is 20.8 Å². The zero-order valence-corrected chi connectivity index (χ0v) is 10.8. The highest BCUT2D eigenvalue weighted by Crippen LogP contribution is 2.53. The van der Waals surface area contributed by atoms with Gasteiger partial charge in [-0.2, -0.15) is 0 Å². The monoisotopic (exact) mass is 224 g/mol. The van der Waals surface area contributed by atoms with Crippen LogP contribution in [-0.2, 0) is 5.60 Å². The molecule has 15 heavy (non-hydrogen) atoms. The van der Waals surface area contributed by atoms with E-state index < -0.39 is 5.60 Å². The first-order valence-corrected chi connectivity index (χ1v) is 6.49. The maximum atomic E-state index is 10.8. The van der Waals surface area contributed by atoms with Crippen LogP contribution in [0.3, 0.4) is 0 Å². The zero-order chi connectivity index (χ0) is 11.3. The second-order valence-corrected chi connectivity index (χ2v) is 6.93. The smallest absolute Gasteiger partial charge is 0.0935 e. The molecule has 1 aromatic heterocycles. The molecule has 0 radical (unpaired) electrons. The first kappa shape index (κ1) is 11.2. The minimum absolute atomic E-state index is 0.268. The third-order valence-electron chi connectivity index (χ3n) is 3.65. The standard InChI is InChI=1S/C13H20OS/c1-9-6-12(3,4)8-13(9,14)11-5-10(2)15-7-11/h5,7,9,14H,6,8H2,1-4H3.